The molecule has 0 saturated heterocycles. The highest BCUT2D eigenvalue weighted by atomic mass is 35.5. The van der Waals surface area contributed by atoms with E-state index >= 15 is 0 Å². The Kier molecular flexibility index (Phi) is 7.47. The number of hydrogen-bond donors (Lipinski definition) is 1. The van der Waals surface area contributed by atoms with Crippen LogP contribution in [-0.4, -0.2) is 34.2 Å². The van der Waals surface area contributed by atoms with E-state index in [4.69, 9.17) is 16.4 Å². The van der Waals surface area contributed by atoms with Gasteiger partial charge in [-0.25, -0.2) is 0 Å². The van der Waals surface area contributed by atoms with Crippen LogP contribution >= 0.6 is 23.4 Å². The Bertz CT molecular complexity index is 825. The van der Waals surface area contributed by atoms with Crippen molar-refractivity contribution in [1.82, 2.24) is 0 Å². The van der Waals surface area contributed by atoms with Crippen molar-refractivity contribution >= 4 is 40.9 Å². The van der Waals surface area contributed by atoms with Crippen LogP contribution in [0, 0.1) is 5.92 Å². The molecule has 1 fully saturated rings. The van der Waals surface area contributed by atoms with E-state index in [1.54, 1.807) is 0 Å². The summed E-state index contributed by atoms with van der Waals surface area (Å²) in [5.74, 6) is 0.398. The summed E-state index contributed by atoms with van der Waals surface area (Å²) in [5.41, 5.74) is 1.99. The van der Waals surface area contributed by atoms with Crippen molar-refractivity contribution in [2.24, 2.45) is 11.1 Å². The average Bonchev–Trinajstić information content (AvgIpc) is 3.51. The minimum absolute atomic E-state index is 0.00842. The van der Waals surface area contributed by atoms with Gasteiger partial charge >= 0.3 is 0 Å². The number of halogens is 1. The third kappa shape index (κ3) is 5.46. The van der Waals surface area contributed by atoms with Gasteiger partial charge in [0.1, 0.15) is 12.4 Å². The van der Waals surface area contributed by atoms with Crippen molar-refractivity contribution in [3.63, 3.8) is 0 Å². The molecule has 0 radical (unpaired) electrons. The first-order valence-electron chi connectivity index (χ1n) is 10.1. The molecule has 1 aromatic carbocycles. The molecule has 0 bridgehead atoms. The Labute approximate surface area is 182 Å². The Balaban J connectivity index is 1.55. The fourth-order valence-electron chi connectivity index (χ4n) is 3.82. The number of aliphatic hydroxyl groups is 1. The fraction of sp³-hybridized carbons (Fsp3) is 0.478. The van der Waals surface area contributed by atoms with E-state index in [0.29, 0.717) is 48.6 Å². The van der Waals surface area contributed by atoms with E-state index in [9.17, 15) is 9.90 Å². The van der Waals surface area contributed by atoms with Gasteiger partial charge in [0.15, 0.2) is 5.78 Å². The zero-order valence-corrected chi connectivity index (χ0v) is 18.6. The number of carbonyl (C=O) groups is 1. The average molecular weight is 434 g/mol. The Morgan fingerprint density at radius 3 is 2.66 bits per heavy atom. The SMILES string of the molecule is CC/C(=N/OCC/C=C/c1ccc(Cl)cc1)C1=C(O)CC(C2(SC)CC2)CC1=O. The summed E-state index contributed by atoms with van der Waals surface area (Å²) < 4.78 is 0.186. The van der Waals surface area contributed by atoms with Crippen molar-refractivity contribution in [3.05, 3.63) is 52.3 Å². The van der Waals surface area contributed by atoms with E-state index < -0.39 is 0 Å². The normalized spacial score (nSPS) is 21.7. The molecule has 1 saturated carbocycles. The summed E-state index contributed by atoms with van der Waals surface area (Å²) in [5, 5.41) is 15.5. The summed E-state index contributed by atoms with van der Waals surface area (Å²) in [6.07, 6.45) is 10.7. The predicted octanol–water partition coefficient (Wildman–Crippen LogP) is 6.21. The lowest BCUT2D eigenvalue weighted by molar-refractivity contribution is -0.116. The van der Waals surface area contributed by atoms with Crippen molar-refractivity contribution < 1.29 is 14.7 Å². The first-order valence-corrected chi connectivity index (χ1v) is 11.7. The molecule has 156 valence electrons. The molecule has 0 spiro atoms. The lowest BCUT2D eigenvalue weighted by Crippen LogP contribution is -2.30. The topological polar surface area (TPSA) is 58.9 Å². The van der Waals surface area contributed by atoms with Gasteiger partial charge in [-0.1, -0.05) is 48.0 Å². The first kappa shape index (κ1) is 22.0. The third-order valence-corrected chi connectivity index (χ3v) is 7.49. The van der Waals surface area contributed by atoms with Crippen LogP contribution in [0.15, 0.2) is 46.8 Å². The number of carbonyl (C=O) groups excluding carboxylic acids is 1. The second-order valence-corrected chi connectivity index (χ2v) is 9.24. The van der Waals surface area contributed by atoms with E-state index in [2.05, 4.69) is 11.4 Å². The number of aliphatic hydroxyl groups excluding tert-OH is 1. The maximum atomic E-state index is 12.7. The molecular formula is C23H28ClNO3S. The van der Waals surface area contributed by atoms with Crippen LogP contribution in [0.4, 0.5) is 0 Å². The van der Waals surface area contributed by atoms with Crippen LogP contribution in [0.5, 0.6) is 0 Å². The maximum Gasteiger partial charge on any atom is 0.168 e. The number of rotatable bonds is 9. The zero-order valence-electron chi connectivity index (χ0n) is 17.0. The number of hydrogen-bond acceptors (Lipinski definition) is 5. The minimum Gasteiger partial charge on any atom is -0.511 e. The number of oxime groups is 1. The van der Waals surface area contributed by atoms with Crippen molar-refractivity contribution in [2.45, 2.75) is 50.2 Å². The van der Waals surface area contributed by atoms with Gasteiger partial charge in [-0.15, -0.1) is 0 Å². The molecule has 0 aromatic heterocycles. The quantitative estimate of drug-likeness (QED) is 0.285. The summed E-state index contributed by atoms with van der Waals surface area (Å²) in [6.45, 7) is 2.33. The van der Waals surface area contributed by atoms with E-state index in [1.165, 1.54) is 0 Å². The number of benzene rings is 1. The van der Waals surface area contributed by atoms with Crippen molar-refractivity contribution in [1.29, 1.82) is 0 Å². The number of nitrogens with zero attached hydrogens (tertiary/aromatic N) is 1. The van der Waals surface area contributed by atoms with E-state index in [-0.39, 0.29) is 22.2 Å². The number of Topliss-reactive ketones (excluding diaryl/α,β-unsaturated/α-hetero) is 1. The second kappa shape index (κ2) is 9.86. The predicted molar refractivity (Wildman–Crippen MR) is 122 cm³/mol. The van der Waals surface area contributed by atoms with E-state index in [0.717, 1.165) is 18.4 Å². The molecule has 0 aliphatic heterocycles. The van der Waals surface area contributed by atoms with Gasteiger partial charge in [0, 0.05) is 29.0 Å². The van der Waals surface area contributed by atoms with Gasteiger partial charge in [0.2, 0.25) is 0 Å². The van der Waals surface area contributed by atoms with Gasteiger partial charge in [-0.2, -0.15) is 11.8 Å². The highest BCUT2D eigenvalue weighted by molar-refractivity contribution is 8.00. The molecule has 2 aliphatic rings. The summed E-state index contributed by atoms with van der Waals surface area (Å²) >= 11 is 7.71. The van der Waals surface area contributed by atoms with Crippen LogP contribution in [0.1, 0.15) is 51.0 Å². The molecule has 6 heteroatoms. The summed E-state index contributed by atoms with van der Waals surface area (Å²) in [7, 11) is 0. The number of allylic oxidation sites excluding steroid dienone is 2. The highest BCUT2D eigenvalue weighted by Crippen LogP contribution is 2.56. The highest BCUT2D eigenvalue weighted by Gasteiger charge is 2.51. The third-order valence-electron chi connectivity index (χ3n) is 5.69. The van der Waals surface area contributed by atoms with Gasteiger partial charge in [-0.3, -0.25) is 4.79 Å². The lowest BCUT2D eigenvalue weighted by Gasteiger charge is -2.29. The minimum atomic E-state index is -0.00842. The molecule has 1 atom stereocenters. The van der Waals surface area contributed by atoms with Crippen LogP contribution in [-0.2, 0) is 9.63 Å². The van der Waals surface area contributed by atoms with E-state index in [1.807, 2.05) is 55.1 Å². The molecule has 29 heavy (non-hydrogen) atoms. The fourth-order valence-corrected chi connectivity index (χ4v) is 4.96. The zero-order chi connectivity index (χ0) is 20.9. The molecule has 4 nitrogen and oxygen atoms in total. The van der Waals surface area contributed by atoms with Gasteiger partial charge in [0.25, 0.3) is 0 Å². The molecule has 3 rings (SSSR count). The maximum absolute atomic E-state index is 12.7. The molecule has 1 unspecified atom stereocenters. The summed E-state index contributed by atoms with van der Waals surface area (Å²) in [6, 6.07) is 7.61. The second-order valence-electron chi connectivity index (χ2n) is 7.59. The van der Waals surface area contributed by atoms with Gasteiger partial charge < -0.3 is 9.94 Å². The van der Waals surface area contributed by atoms with Crippen molar-refractivity contribution in [2.75, 3.05) is 12.9 Å². The van der Waals surface area contributed by atoms with Crippen LogP contribution in [0.3, 0.4) is 0 Å². The van der Waals surface area contributed by atoms with Crippen LogP contribution in [0.2, 0.25) is 5.02 Å². The molecule has 1 N–H and O–H groups in total. The lowest BCUT2D eigenvalue weighted by atomic mass is 9.82. The molecule has 2 aliphatic carbocycles. The molecule has 0 heterocycles. The Hall–Kier alpha value is -1.72. The smallest absolute Gasteiger partial charge is 0.168 e. The molecule has 0 amide bonds. The largest absolute Gasteiger partial charge is 0.511 e. The Morgan fingerprint density at radius 1 is 1.34 bits per heavy atom. The molecule has 1 aromatic rings. The van der Waals surface area contributed by atoms with Crippen LogP contribution in [0.25, 0.3) is 6.08 Å². The monoisotopic (exact) mass is 433 g/mol. The van der Waals surface area contributed by atoms with Crippen molar-refractivity contribution in [3.8, 4) is 0 Å². The Morgan fingerprint density at radius 2 is 2.07 bits per heavy atom. The number of thioether (sulfide) groups is 1. The standard InChI is InChI=1S/C23H28ClNO3S/c1-3-19(25-28-13-5-4-6-16-7-9-18(24)10-8-16)22-20(26)14-17(15-21(22)27)23(29-2)11-12-23/h4,6-10,17,26H,3,5,11-15H2,1-2H3/b6-4+,25-19-. The van der Waals surface area contributed by atoms with Gasteiger partial charge in [0.05, 0.1) is 11.3 Å². The first-order chi connectivity index (χ1) is 14.0. The summed E-state index contributed by atoms with van der Waals surface area (Å²) in [4.78, 5) is 18.2. The molecular weight excluding hydrogens is 406 g/mol. The number of ketones is 1. The van der Waals surface area contributed by atoms with Gasteiger partial charge in [-0.05, 0) is 49.1 Å². The van der Waals surface area contributed by atoms with Crippen LogP contribution < -0.4 is 0 Å².